The fourth-order valence-electron chi connectivity index (χ4n) is 4.40. The molecule has 0 fully saturated rings. The predicted octanol–water partition coefficient (Wildman–Crippen LogP) is 5.19. The minimum atomic E-state index is -0.707. The van der Waals surface area contributed by atoms with E-state index >= 15 is 0 Å². The molecule has 0 unspecified atom stereocenters. The summed E-state index contributed by atoms with van der Waals surface area (Å²) in [5, 5.41) is 0. The number of hydrogen-bond donors (Lipinski definition) is 2. The Bertz CT molecular complexity index is 1180. The molecule has 3 rings (SSSR count). The summed E-state index contributed by atoms with van der Waals surface area (Å²) in [7, 11) is 1.43. The quantitative estimate of drug-likeness (QED) is 0.367. The van der Waals surface area contributed by atoms with Crippen LogP contribution in [-0.4, -0.2) is 53.8 Å². The number of aromatic amines is 1. The molecule has 0 bridgehead atoms. The maximum Gasteiger partial charge on any atom is 0.249 e. The van der Waals surface area contributed by atoms with Gasteiger partial charge in [0.2, 0.25) is 5.91 Å². The van der Waals surface area contributed by atoms with E-state index in [1.54, 1.807) is 4.90 Å². The van der Waals surface area contributed by atoms with E-state index in [9.17, 15) is 18.0 Å². The highest BCUT2D eigenvalue weighted by Gasteiger charge is 2.37. The van der Waals surface area contributed by atoms with Crippen molar-refractivity contribution in [2.45, 2.75) is 45.7 Å². The number of carbonyl (C=O) groups excluding carboxylic acids is 1. The first-order chi connectivity index (χ1) is 17.5. The van der Waals surface area contributed by atoms with Gasteiger partial charge in [-0.1, -0.05) is 51.1 Å². The fourth-order valence-corrected chi connectivity index (χ4v) is 4.40. The Hall–Kier alpha value is -3.17. The summed E-state index contributed by atoms with van der Waals surface area (Å²) < 4.78 is 46.7. The Morgan fingerprint density at radius 2 is 1.86 bits per heavy atom. The van der Waals surface area contributed by atoms with Gasteiger partial charge in [-0.15, -0.1) is 0 Å². The van der Waals surface area contributed by atoms with Crippen LogP contribution in [0.4, 0.5) is 13.2 Å². The maximum absolute atomic E-state index is 14.6. The number of nitrogens with zero attached hydrogens (tertiary/aromatic N) is 2. The molecule has 6 nitrogen and oxygen atoms in total. The molecule has 1 amide bonds. The summed E-state index contributed by atoms with van der Waals surface area (Å²) in [6.45, 7) is 5.24. The third kappa shape index (κ3) is 7.20. The van der Waals surface area contributed by atoms with Gasteiger partial charge in [0.15, 0.2) is 0 Å². The van der Waals surface area contributed by atoms with Crippen molar-refractivity contribution < 1.29 is 22.7 Å². The van der Waals surface area contributed by atoms with E-state index in [0.717, 1.165) is 17.7 Å². The van der Waals surface area contributed by atoms with Crippen molar-refractivity contribution in [2.24, 2.45) is 11.1 Å². The predicted molar refractivity (Wildman–Crippen MR) is 138 cm³/mol. The number of aromatic nitrogens is 2. The standard InChI is InChI=1S/C28H35F3N4O2/c1-28(2,3)26(35(24(36)17-37-4)13-12-21(32)16-29)27-33-23(15-19-14-20(30)10-11-22(19)31)25(34-27)18-8-6-5-7-9-18/h5-11,14,21,26H,12-13,15-17,32H2,1-4H3,(H,33,34)/t21-,26-/m0/s1. The van der Waals surface area contributed by atoms with Gasteiger partial charge < -0.3 is 20.4 Å². The van der Waals surface area contributed by atoms with Gasteiger partial charge in [-0.3, -0.25) is 4.79 Å². The number of imidazole rings is 1. The van der Waals surface area contributed by atoms with Crippen LogP contribution in [0.1, 0.15) is 50.3 Å². The molecule has 1 heterocycles. The topological polar surface area (TPSA) is 84.2 Å². The Balaban J connectivity index is 2.13. The summed E-state index contributed by atoms with van der Waals surface area (Å²) in [5.74, 6) is -0.869. The molecule has 0 saturated carbocycles. The lowest BCUT2D eigenvalue weighted by molar-refractivity contribution is -0.140. The van der Waals surface area contributed by atoms with Gasteiger partial charge in [-0.2, -0.15) is 0 Å². The molecule has 3 aromatic rings. The minimum absolute atomic E-state index is 0.0659. The second-order valence-corrected chi connectivity index (χ2v) is 10.2. The van der Waals surface area contributed by atoms with Crippen molar-refractivity contribution >= 4 is 5.91 Å². The van der Waals surface area contributed by atoms with Gasteiger partial charge in [-0.05, 0) is 35.6 Å². The lowest BCUT2D eigenvalue weighted by Crippen LogP contribution is -2.45. The number of halogens is 3. The maximum atomic E-state index is 14.6. The number of methoxy groups -OCH3 is 1. The number of alkyl halides is 1. The normalized spacial score (nSPS) is 13.4. The number of H-pyrrole nitrogens is 1. The molecule has 0 saturated heterocycles. The molecule has 2 aromatic carbocycles. The van der Waals surface area contributed by atoms with Crippen molar-refractivity contribution in [3.63, 3.8) is 0 Å². The number of nitrogens with two attached hydrogens (primary N) is 1. The van der Waals surface area contributed by atoms with E-state index in [1.807, 2.05) is 51.1 Å². The van der Waals surface area contributed by atoms with E-state index in [0.29, 0.717) is 17.2 Å². The first-order valence-corrected chi connectivity index (χ1v) is 12.2. The summed E-state index contributed by atoms with van der Waals surface area (Å²) in [5.41, 5.74) is 7.45. The molecule has 0 aliphatic heterocycles. The molecular weight excluding hydrogens is 481 g/mol. The van der Waals surface area contributed by atoms with Gasteiger partial charge in [0.05, 0.1) is 11.7 Å². The Kier molecular flexibility index (Phi) is 9.50. The molecule has 9 heteroatoms. The third-order valence-electron chi connectivity index (χ3n) is 6.14. The minimum Gasteiger partial charge on any atom is -0.375 e. The molecule has 2 atom stereocenters. The summed E-state index contributed by atoms with van der Waals surface area (Å²) >= 11 is 0. The van der Waals surface area contributed by atoms with Gasteiger partial charge in [0.25, 0.3) is 0 Å². The van der Waals surface area contributed by atoms with E-state index in [1.165, 1.54) is 13.2 Å². The van der Waals surface area contributed by atoms with E-state index in [-0.39, 0.29) is 37.5 Å². The van der Waals surface area contributed by atoms with Crippen molar-refractivity contribution in [1.82, 2.24) is 14.9 Å². The van der Waals surface area contributed by atoms with E-state index < -0.39 is 35.8 Å². The molecule has 3 N–H and O–H groups in total. The van der Waals surface area contributed by atoms with Gasteiger partial charge >= 0.3 is 0 Å². The zero-order valence-corrected chi connectivity index (χ0v) is 21.7. The van der Waals surface area contributed by atoms with Gasteiger partial charge in [-0.25, -0.2) is 18.2 Å². The number of ether oxygens (including phenoxy) is 1. The molecular formula is C28H35F3N4O2. The zero-order chi connectivity index (χ0) is 27.2. The van der Waals surface area contributed by atoms with Crippen LogP contribution >= 0.6 is 0 Å². The highest BCUT2D eigenvalue weighted by Crippen LogP contribution is 2.39. The molecule has 37 heavy (non-hydrogen) atoms. The monoisotopic (exact) mass is 516 g/mol. The van der Waals surface area contributed by atoms with Gasteiger partial charge in [0.1, 0.15) is 30.7 Å². The average Bonchev–Trinajstić information content (AvgIpc) is 3.26. The van der Waals surface area contributed by atoms with Crippen molar-refractivity contribution in [2.75, 3.05) is 26.9 Å². The number of rotatable bonds is 11. The van der Waals surface area contributed by atoms with Crippen molar-refractivity contribution in [3.8, 4) is 11.3 Å². The molecule has 200 valence electrons. The van der Waals surface area contributed by atoms with Crippen LogP contribution < -0.4 is 5.73 Å². The summed E-state index contributed by atoms with van der Waals surface area (Å²) in [6.07, 6.45) is 0.322. The Morgan fingerprint density at radius 1 is 1.16 bits per heavy atom. The average molecular weight is 517 g/mol. The third-order valence-corrected chi connectivity index (χ3v) is 6.14. The number of nitrogens with one attached hydrogen (secondary N) is 1. The number of carbonyl (C=O) groups is 1. The highest BCUT2D eigenvalue weighted by atomic mass is 19.1. The second-order valence-electron chi connectivity index (χ2n) is 10.2. The smallest absolute Gasteiger partial charge is 0.249 e. The molecule has 0 aliphatic carbocycles. The first-order valence-electron chi connectivity index (χ1n) is 12.2. The molecule has 0 spiro atoms. The van der Waals surface area contributed by atoms with Crippen LogP contribution in [0.25, 0.3) is 11.3 Å². The SMILES string of the molecule is COCC(=O)N(CC[C@H](N)CF)[C@@H](c1nc(-c2ccccc2)c(Cc2cc(F)ccc2F)[nH]1)C(C)(C)C. The Morgan fingerprint density at radius 3 is 2.49 bits per heavy atom. The number of hydrogen-bond acceptors (Lipinski definition) is 4. The van der Waals surface area contributed by atoms with Crippen molar-refractivity contribution in [1.29, 1.82) is 0 Å². The molecule has 1 aromatic heterocycles. The zero-order valence-electron chi connectivity index (χ0n) is 21.7. The summed E-state index contributed by atoms with van der Waals surface area (Å²) in [6, 6.07) is 11.4. The lowest BCUT2D eigenvalue weighted by Gasteiger charge is -2.39. The van der Waals surface area contributed by atoms with Crippen LogP contribution in [0.2, 0.25) is 0 Å². The van der Waals surface area contributed by atoms with Crippen LogP contribution in [0, 0.1) is 17.0 Å². The fraction of sp³-hybridized carbons (Fsp3) is 0.429. The van der Waals surface area contributed by atoms with Crippen molar-refractivity contribution in [3.05, 3.63) is 77.2 Å². The van der Waals surface area contributed by atoms with Crippen LogP contribution in [0.3, 0.4) is 0 Å². The Labute approximate surface area is 216 Å². The first kappa shape index (κ1) is 28.4. The number of benzene rings is 2. The highest BCUT2D eigenvalue weighted by molar-refractivity contribution is 5.78. The molecule has 0 radical (unpaired) electrons. The van der Waals surface area contributed by atoms with Crippen LogP contribution in [0.5, 0.6) is 0 Å². The molecule has 0 aliphatic rings. The summed E-state index contributed by atoms with van der Waals surface area (Å²) in [4.78, 5) is 23.0. The van der Waals surface area contributed by atoms with E-state index in [2.05, 4.69) is 4.98 Å². The second kappa shape index (κ2) is 12.4. The van der Waals surface area contributed by atoms with Gasteiger partial charge in [0, 0.05) is 37.4 Å². The largest absolute Gasteiger partial charge is 0.375 e. The lowest BCUT2D eigenvalue weighted by atomic mass is 9.84. The van der Waals surface area contributed by atoms with E-state index in [4.69, 9.17) is 15.5 Å². The number of amides is 1. The van der Waals surface area contributed by atoms with Crippen LogP contribution in [0.15, 0.2) is 48.5 Å². The van der Waals surface area contributed by atoms with Crippen LogP contribution in [-0.2, 0) is 16.0 Å².